The van der Waals surface area contributed by atoms with Crippen molar-refractivity contribution in [2.45, 2.75) is 31.7 Å². The van der Waals surface area contributed by atoms with Crippen molar-refractivity contribution in [2.75, 3.05) is 68.2 Å². The molecule has 42 heavy (non-hydrogen) atoms. The van der Waals surface area contributed by atoms with E-state index in [0.717, 1.165) is 5.69 Å². The first kappa shape index (κ1) is 32.9. The molecule has 0 atom stereocenters. The van der Waals surface area contributed by atoms with Crippen molar-refractivity contribution < 1.29 is 23.4 Å². The van der Waals surface area contributed by atoms with Crippen LogP contribution in [0.3, 0.4) is 0 Å². The number of para-hydroxylation sites is 1. The molecule has 6 N–H and O–H groups in total. The van der Waals surface area contributed by atoms with Crippen LogP contribution in [0.1, 0.15) is 19.4 Å². The first-order valence-electron chi connectivity index (χ1n) is 13.8. The highest BCUT2D eigenvalue weighted by molar-refractivity contribution is 7.91. The zero-order valence-electron chi connectivity index (χ0n) is 24.3. The molecular formula is C29H41N7O5S. The number of nitrogen functional groups attached to an aromatic ring is 1. The standard InChI is InChI=1S/C29H41N7O5S/c1-21(2)36(14-16-37)15-20-42(39,40)25-11-9-24(10-12-25)34-35-27-22(3)26(30)28(31-13-18-41-19-17-38)33-29(27)32-23-7-5-4-6-8-23/h4-12,21,37-38H,13-20,30H2,1-3H3,(H2,31,32,33). The van der Waals surface area contributed by atoms with E-state index < -0.39 is 9.84 Å². The van der Waals surface area contributed by atoms with Gasteiger partial charge in [0.25, 0.3) is 0 Å². The van der Waals surface area contributed by atoms with Crippen LogP contribution in [0.5, 0.6) is 0 Å². The van der Waals surface area contributed by atoms with Crippen LogP contribution in [0.25, 0.3) is 0 Å². The summed E-state index contributed by atoms with van der Waals surface area (Å²) < 4.78 is 31.1. The third-order valence-corrected chi connectivity index (χ3v) is 8.21. The van der Waals surface area contributed by atoms with Crippen molar-refractivity contribution in [1.82, 2.24) is 9.88 Å². The third kappa shape index (κ3) is 9.46. The molecule has 228 valence electrons. The van der Waals surface area contributed by atoms with Crippen LogP contribution in [0.2, 0.25) is 0 Å². The van der Waals surface area contributed by atoms with Gasteiger partial charge in [0.1, 0.15) is 5.69 Å². The van der Waals surface area contributed by atoms with Gasteiger partial charge in [-0.1, -0.05) is 18.2 Å². The number of sulfone groups is 1. The summed E-state index contributed by atoms with van der Waals surface area (Å²) in [6.07, 6.45) is 0. The van der Waals surface area contributed by atoms with E-state index in [1.807, 2.05) is 56.0 Å². The quantitative estimate of drug-likeness (QED) is 0.113. The Morgan fingerprint density at radius 3 is 2.33 bits per heavy atom. The fraction of sp³-hybridized carbons (Fsp3) is 0.414. The van der Waals surface area contributed by atoms with E-state index in [1.54, 1.807) is 12.1 Å². The molecule has 13 heteroatoms. The number of benzene rings is 2. The number of pyridine rings is 1. The molecule has 0 saturated heterocycles. The molecule has 0 aliphatic heterocycles. The minimum absolute atomic E-state index is 0.0270. The molecular weight excluding hydrogens is 558 g/mol. The SMILES string of the molecule is Cc1c(N)c(NCCOCCO)nc(Nc2ccccc2)c1N=Nc1ccc(S(=O)(=O)CCN(CCO)C(C)C)cc1. The number of ether oxygens (including phenoxy) is 1. The number of anilines is 4. The number of aromatic nitrogens is 1. The second-order valence-corrected chi connectivity index (χ2v) is 11.9. The predicted molar refractivity (Wildman–Crippen MR) is 166 cm³/mol. The van der Waals surface area contributed by atoms with Gasteiger partial charge in [-0.3, -0.25) is 4.90 Å². The molecule has 0 unspecified atom stereocenters. The second kappa shape index (κ2) is 16.1. The summed E-state index contributed by atoms with van der Waals surface area (Å²) in [6.45, 7) is 7.48. The molecule has 12 nitrogen and oxygen atoms in total. The van der Waals surface area contributed by atoms with Crippen LogP contribution in [0, 0.1) is 6.92 Å². The Kier molecular flexibility index (Phi) is 12.6. The largest absolute Gasteiger partial charge is 0.395 e. The van der Waals surface area contributed by atoms with Crippen LogP contribution in [-0.2, 0) is 14.6 Å². The summed E-state index contributed by atoms with van der Waals surface area (Å²) in [4.78, 5) is 6.78. The molecule has 2 aromatic carbocycles. The Balaban J connectivity index is 1.82. The van der Waals surface area contributed by atoms with Crippen molar-refractivity contribution in [2.24, 2.45) is 10.2 Å². The summed E-state index contributed by atoms with van der Waals surface area (Å²) in [7, 11) is -3.52. The van der Waals surface area contributed by atoms with Crippen LogP contribution in [0.4, 0.5) is 34.4 Å². The maximum absolute atomic E-state index is 12.9. The van der Waals surface area contributed by atoms with E-state index in [4.69, 9.17) is 15.6 Å². The molecule has 3 rings (SSSR count). The smallest absolute Gasteiger partial charge is 0.179 e. The Morgan fingerprint density at radius 1 is 0.976 bits per heavy atom. The van der Waals surface area contributed by atoms with E-state index in [1.165, 1.54) is 12.1 Å². The van der Waals surface area contributed by atoms with Crippen molar-refractivity contribution in [1.29, 1.82) is 0 Å². The highest BCUT2D eigenvalue weighted by Crippen LogP contribution is 2.38. The van der Waals surface area contributed by atoms with E-state index in [2.05, 4.69) is 25.8 Å². The number of aliphatic hydroxyl groups excluding tert-OH is 2. The number of nitrogens with zero attached hydrogens (tertiary/aromatic N) is 4. The number of hydrogen-bond donors (Lipinski definition) is 5. The van der Waals surface area contributed by atoms with E-state index in [9.17, 15) is 13.5 Å². The summed E-state index contributed by atoms with van der Waals surface area (Å²) in [5.41, 5.74) is 9.15. The van der Waals surface area contributed by atoms with Gasteiger partial charge in [-0.05, 0) is 57.2 Å². The molecule has 3 aromatic rings. The highest BCUT2D eigenvalue weighted by atomic mass is 32.2. The molecule has 1 aromatic heterocycles. The monoisotopic (exact) mass is 599 g/mol. The summed E-state index contributed by atoms with van der Waals surface area (Å²) in [6, 6.07) is 15.9. The van der Waals surface area contributed by atoms with E-state index in [0.29, 0.717) is 60.5 Å². The highest BCUT2D eigenvalue weighted by Gasteiger charge is 2.19. The number of aliphatic hydroxyl groups is 2. The Hall–Kier alpha value is -3.62. The first-order valence-corrected chi connectivity index (χ1v) is 15.5. The van der Waals surface area contributed by atoms with Crippen LogP contribution >= 0.6 is 0 Å². The number of nitrogens with one attached hydrogen (secondary N) is 2. The Morgan fingerprint density at radius 2 is 1.69 bits per heavy atom. The molecule has 0 radical (unpaired) electrons. The van der Waals surface area contributed by atoms with Crippen LogP contribution < -0.4 is 16.4 Å². The number of rotatable bonds is 17. The maximum atomic E-state index is 12.9. The Labute approximate surface area is 247 Å². The molecule has 0 bridgehead atoms. The van der Waals surface area contributed by atoms with Gasteiger partial charge in [0.2, 0.25) is 0 Å². The van der Waals surface area contributed by atoms with Gasteiger partial charge >= 0.3 is 0 Å². The minimum Gasteiger partial charge on any atom is -0.395 e. The lowest BCUT2D eigenvalue weighted by Gasteiger charge is -2.25. The average Bonchev–Trinajstić information content (AvgIpc) is 2.98. The zero-order valence-corrected chi connectivity index (χ0v) is 25.1. The summed E-state index contributed by atoms with van der Waals surface area (Å²) in [5, 5.41) is 33.4. The van der Waals surface area contributed by atoms with Gasteiger partial charge in [0, 0.05) is 36.9 Å². The molecule has 0 spiro atoms. The van der Waals surface area contributed by atoms with Gasteiger partial charge < -0.3 is 31.3 Å². The molecule has 0 fully saturated rings. The van der Waals surface area contributed by atoms with Gasteiger partial charge in [-0.25, -0.2) is 13.4 Å². The molecule has 0 amide bonds. The lowest BCUT2D eigenvalue weighted by atomic mass is 10.2. The summed E-state index contributed by atoms with van der Waals surface area (Å²) >= 11 is 0. The molecule has 0 aliphatic carbocycles. The van der Waals surface area contributed by atoms with Gasteiger partial charge in [0.15, 0.2) is 21.5 Å². The topological polar surface area (TPSA) is 175 Å². The van der Waals surface area contributed by atoms with Crippen molar-refractivity contribution in [3.8, 4) is 0 Å². The van der Waals surface area contributed by atoms with Gasteiger partial charge in [-0.2, -0.15) is 5.11 Å². The van der Waals surface area contributed by atoms with E-state index in [-0.39, 0.29) is 36.5 Å². The lowest BCUT2D eigenvalue weighted by molar-refractivity contribution is 0.0992. The van der Waals surface area contributed by atoms with Crippen molar-refractivity contribution >= 4 is 44.2 Å². The lowest BCUT2D eigenvalue weighted by Crippen LogP contribution is -2.37. The van der Waals surface area contributed by atoms with Crippen molar-refractivity contribution in [3.63, 3.8) is 0 Å². The maximum Gasteiger partial charge on any atom is 0.179 e. The van der Waals surface area contributed by atoms with Gasteiger partial charge in [-0.15, -0.1) is 5.11 Å². The molecule has 1 heterocycles. The Bertz CT molecular complexity index is 1400. The summed E-state index contributed by atoms with van der Waals surface area (Å²) in [5.74, 6) is 0.841. The fourth-order valence-electron chi connectivity index (χ4n) is 4.06. The zero-order chi connectivity index (χ0) is 30.5. The van der Waals surface area contributed by atoms with Crippen LogP contribution in [-0.4, -0.2) is 86.4 Å². The molecule has 0 saturated carbocycles. The number of azo groups is 1. The minimum atomic E-state index is -3.52. The predicted octanol–water partition coefficient (Wildman–Crippen LogP) is 4.03. The average molecular weight is 600 g/mol. The fourth-order valence-corrected chi connectivity index (χ4v) is 5.32. The number of hydrogen-bond acceptors (Lipinski definition) is 12. The van der Waals surface area contributed by atoms with Crippen molar-refractivity contribution in [3.05, 3.63) is 60.2 Å². The second-order valence-electron chi connectivity index (χ2n) is 9.82. The van der Waals surface area contributed by atoms with E-state index >= 15 is 0 Å². The molecule has 0 aliphatic rings. The first-order chi connectivity index (χ1) is 20.2. The van der Waals surface area contributed by atoms with Crippen LogP contribution in [0.15, 0.2) is 69.7 Å². The third-order valence-electron chi connectivity index (χ3n) is 6.50. The number of nitrogens with two attached hydrogens (primary N) is 1. The van der Waals surface area contributed by atoms with Gasteiger partial charge in [0.05, 0.1) is 48.5 Å². The normalized spacial score (nSPS) is 12.0.